The predicted molar refractivity (Wildman–Crippen MR) is 83.7 cm³/mol. The lowest BCUT2D eigenvalue weighted by Gasteiger charge is -2.21. The predicted octanol–water partition coefficient (Wildman–Crippen LogP) is 1.60. The molecule has 1 aromatic rings. The molecule has 1 saturated carbocycles. The van der Waals surface area contributed by atoms with Crippen molar-refractivity contribution < 1.29 is 23.0 Å². The Morgan fingerprint density at radius 1 is 1.30 bits per heavy atom. The Kier molecular flexibility index (Phi) is 5.26. The van der Waals surface area contributed by atoms with E-state index >= 15 is 0 Å². The Morgan fingerprint density at radius 3 is 2.39 bits per heavy atom. The third-order valence-corrected chi connectivity index (χ3v) is 3.77. The number of amides is 1. The smallest absolute Gasteiger partial charge is 0.241 e. The normalized spacial score (nSPS) is 17.0. The van der Waals surface area contributed by atoms with Gasteiger partial charge >= 0.3 is 0 Å². The van der Waals surface area contributed by atoms with Crippen molar-refractivity contribution in [2.75, 3.05) is 0 Å². The monoisotopic (exact) mass is 341 g/mol. The zero-order valence-electron chi connectivity index (χ0n) is 13.6. The van der Waals surface area contributed by atoms with Crippen molar-refractivity contribution in [3.05, 3.63) is 17.8 Å². The first-order valence-corrected chi connectivity index (χ1v) is 8.56. The lowest BCUT2D eigenvalue weighted by atomic mass is 9.96. The van der Waals surface area contributed by atoms with Crippen LogP contribution in [-0.4, -0.2) is 31.9 Å². The van der Waals surface area contributed by atoms with Crippen LogP contribution in [-0.2, 0) is 21.5 Å². The van der Waals surface area contributed by atoms with Crippen LogP contribution in [0, 0.1) is 0 Å². The highest BCUT2D eigenvalue weighted by molar-refractivity contribution is 7.77. The molecule has 2 rings (SSSR count). The van der Waals surface area contributed by atoms with Crippen LogP contribution in [0.5, 0.6) is 11.6 Å². The Balaban J connectivity index is 2.40. The molecule has 1 aliphatic carbocycles. The lowest BCUT2D eigenvalue weighted by Crippen LogP contribution is -2.36. The van der Waals surface area contributed by atoms with Crippen LogP contribution < -0.4 is 14.2 Å². The molecule has 0 aliphatic heterocycles. The van der Waals surface area contributed by atoms with E-state index in [1.807, 2.05) is 32.4 Å². The molecule has 1 aliphatic rings. The second kappa shape index (κ2) is 6.84. The zero-order valence-corrected chi connectivity index (χ0v) is 14.4. The Morgan fingerprint density at radius 2 is 1.91 bits per heavy atom. The summed E-state index contributed by atoms with van der Waals surface area (Å²) in [6.45, 7) is 7.49. The summed E-state index contributed by atoms with van der Waals surface area (Å²) in [5.41, 5.74) is -0.361. The van der Waals surface area contributed by atoms with E-state index in [1.165, 1.54) is 0 Å². The highest BCUT2D eigenvalue weighted by atomic mass is 32.2. The third-order valence-electron chi connectivity index (χ3n) is 3.42. The molecular formula is C15H21N2O5S-. The minimum Gasteiger partial charge on any atom is -0.755 e. The number of hydrogen-bond acceptors (Lipinski definition) is 6. The summed E-state index contributed by atoms with van der Waals surface area (Å²) in [6.07, 6.45) is 2.46. The number of nitrogens with one attached hydrogen (secondary N) is 1. The minimum absolute atomic E-state index is 0.0420. The molecule has 1 fully saturated rings. The van der Waals surface area contributed by atoms with E-state index in [1.54, 1.807) is 12.3 Å². The van der Waals surface area contributed by atoms with E-state index < -0.39 is 22.6 Å². The van der Waals surface area contributed by atoms with E-state index in [0.29, 0.717) is 30.0 Å². The van der Waals surface area contributed by atoms with Gasteiger partial charge in [0.25, 0.3) is 0 Å². The van der Waals surface area contributed by atoms with Gasteiger partial charge in [0.2, 0.25) is 11.8 Å². The van der Waals surface area contributed by atoms with Gasteiger partial charge in [0.1, 0.15) is 5.75 Å². The van der Waals surface area contributed by atoms with Crippen molar-refractivity contribution in [3.63, 3.8) is 0 Å². The first kappa shape index (κ1) is 17.7. The van der Waals surface area contributed by atoms with Crippen LogP contribution in [0.1, 0.15) is 46.1 Å². The average Bonchev–Trinajstić information content (AvgIpc) is 3.20. The number of carbonyl (C=O) groups excluding carboxylic acids is 1. The zero-order chi connectivity index (χ0) is 17.2. The quantitative estimate of drug-likeness (QED) is 0.756. The van der Waals surface area contributed by atoms with Gasteiger partial charge < -0.3 is 14.0 Å². The molecule has 7 nitrogen and oxygen atoms in total. The SMILES string of the molecule is CC(C)Oc1cnc(OC(C)C)c(C2(C(=O)NS(=O)[O-])CC2)c1. The summed E-state index contributed by atoms with van der Waals surface area (Å²) in [5, 5.41) is 0. The van der Waals surface area contributed by atoms with Crippen molar-refractivity contribution >= 4 is 17.2 Å². The maximum Gasteiger partial charge on any atom is 0.241 e. The molecule has 1 atom stereocenters. The molecule has 1 aromatic heterocycles. The number of hydrogen-bond donors (Lipinski definition) is 1. The van der Waals surface area contributed by atoms with Crippen LogP contribution >= 0.6 is 0 Å². The van der Waals surface area contributed by atoms with Crippen LogP contribution in [0.25, 0.3) is 0 Å². The molecule has 1 N–H and O–H groups in total. The molecule has 0 spiro atoms. The average molecular weight is 341 g/mol. The van der Waals surface area contributed by atoms with Crippen molar-refractivity contribution in [1.29, 1.82) is 0 Å². The van der Waals surface area contributed by atoms with Crippen LogP contribution in [0.3, 0.4) is 0 Å². The highest BCUT2D eigenvalue weighted by Gasteiger charge is 2.53. The highest BCUT2D eigenvalue weighted by Crippen LogP contribution is 2.52. The van der Waals surface area contributed by atoms with E-state index in [-0.39, 0.29) is 12.2 Å². The number of rotatable bonds is 7. The summed E-state index contributed by atoms with van der Waals surface area (Å²) in [6, 6.07) is 1.71. The molecule has 23 heavy (non-hydrogen) atoms. The topological polar surface area (TPSA) is 101 Å². The number of nitrogens with zero attached hydrogens (tertiary/aromatic N) is 1. The van der Waals surface area contributed by atoms with Gasteiger partial charge in [-0.05, 0) is 46.6 Å². The molecule has 1 heterocycles. The van der Waals surface area contributed by atoms with E-state index in [0.717, 1.165) is 0 Å². The summed E-state index contributed by atoms with van der Waals surface area (Å²) in [4.78, 5) is 16.5. The molecule has 1 unspecified atom stereocenters. The molecule has 0 aromatic carbocycles. The molecular weight excluding hydrogens is 320 g/mol. The number of ether oxygens (including phenoxy) is 2. The lowest BCUT2D eigenvalue weighted by molar-refractivity contribution is -0.121. The number of pyridine rings is 1. The number of aromatic nitrogens is 1. The maximum atomic E-state index is 12.3. The van der Waals surface area contributed by atoms with Gasteiger partial charge in [-0.25, -0.2) is 4.98 Å². The summed E-state index contributed by atoms with van der Waals surface area (Å²) in [5.74, 6) is 0.289. The Hall–Kier alpha value is -1.67. The van der Waals surface area contributed by atoms with Crippen LogP contribution in [0.15, 0.2) is 12.3 Å². The van der Waals surface area contributed by atoms with Gasteiger partial charge in [-0.3, -0.25) is 13.7 Å². The first-order chi connectivity index (χ1) is 10.7. The second-order valence-electron chi connectivity index (χ2n) is 6.10. The molecule has 8 heteroatoms. The molecule has 128 valence electrons. The molecule has 0 radical (unpaired) electrons. The van der Waals surface area contributed by atoms with Crippen molar-refractivity contribution in [3.8, 4) is 11.6 Å². The first-order valence-electron chi connectivity index (χ1n) is 7.49. The molecule has 0 bridgehead atoms. The van der Waals surface area contributed by atoms with Gasteiger partial charge in [0.05, 0.1) is 23.8 Å². The fraction of sp³-hybridized carbons (Fsp3) is 0.600. The van der Waals surface area contributed by atoms with E-state index in [4.69, 9.17) is 9.47 Å². The molecule has 1 amide bonds. The van der Waals surface area contributed by atoms with E-state index in [9.17, 15) is 13.6 Å². The van der Waals surface area contributed by atoms with Crippen LogP contribution in [0.2, 0.25) is 0 Å². The largest absolute Gasteiger partial charge is 0.755 e. The maximum absolute atomic E-state index is 12.3. The third kappa shape index (κ3) is 4.20. The Bertz CT molecular complexity index is 614. The van der Waals surface area contributed by atoms with Gasteiger partial charge in [-0.1, -0.05) is 0 Å². The van der Waals surface area contributed by atoms with Crippen LogP contribution in [0.4, 0.5) is 0 Å². The van der Waals surface area contributed by atoms with Gasteiger partial charge in [0, 0.05) is 16.8 Å². The standard InChI is InChI=1S/C15H22N2O5S/c1-9(2)21-11-7-12(13(16-8-11)22-10(3)4)15(5-6-15)14(18)17-23(19)20/h7-10H,5-6H2,1-4H3,(H,17,18)(H,19,20)/p-1. The molecule has 0 saturated heterocycles. The fourth-order valence-electron chi connectivity index (χ4n) is 2.35. The van der Waals surface area contributed by atoms with Crippen molar-refractivity contribution in [2.45, 2.75) is 58.2 Å². The summed E-state index contributed by atoms with van der Waals surface area (Å²) in [7, 11) is 0. The Labute approximate surface area is 138 Å². The minimum atomic E-state index is -2.65. The van der Waals surface area contributed by atoms with Gasteiger partial charge in [-0.2, -0.15) is 0 Å². The second-order valence-corrected chi connectivity index (χ2v) is 6.78. The summed E-state index contributed by atoms with van der Waals surface area (Å²) >= 11 is -2.65. The number of carbonyl (C=O) groups is 1. The van der Waals surface area contributed by atoms with E-state index in [2.05, 4.69) is 4.98 Å². The van der Waals surface area contributed by atoms with Gasteiger partial charge in [0.15, 0.2) is 0 Å². The van der Waals surface area contributed by atoms with Crippen molar-refractivity contribution in [2.24, 2.45) is 0 Å². The summed E-state index contributed by atoms with van der Waals surface area (Å²) < 4.78 is 34.8. The fourth-order valence-corrected chi connectivity index (χ4v) is 2.69. The van der Waals surface area contributed by atoms with Gasteiger partial charge in [-0.15, -0.1) is 0 Å². The van der Waals surface area contributed by atoms with Crippen molar-refractivity contribution in [1.82, 2.24) is 9.71 Å².